The van der Waals surface area contributed by atoms with Crippen molar-refractivity contribution < 1.29 is 23.8 Å². The lowest BCUT2D eigenvalue weighted by Gasteiger charge is -2.41. The molecule has 0 saturated carbocycles. The number of ether oxygens (including phenoxy) is 2. The Labute approximate surface area is 251 Å². The van der Waals surface area contributed by atoms with Crippen LogP contribution in [0.4, 0.5) is 4.39 Å². The highest BCUT2D eigenvalue weighted by Gasteiger charge is 2.37. The SMILES string of the molecule is COc1ccc2ncc(CN3CCOCC3)c([C@@H](F)CCC3(CC(=O)O)CCN(CCSc4ccccn4)CC3)c2c1. The van der Waals surface area contributed by atoms with E-state index in [-0.39, 0.29) is 12.8 Å². The minimum absolute atomic E-state index is 0.0712. The number of rotatable bonds is 13. The van der Waals surface area contributed by atoms with Crippen molar-refractivity contribution in [1.29, 1.82) is 0 Å². The van der Waals surface area contributed by atoms with E-state index in [1.807, 2.05) is 36.4 Å². The summed E-state index contributed by atoms with van der Waals surface area (Å²) in [6, 6.07) is 11.5. The molecule has 1 aromatic carbocycles. The van der Waals surface area contributed by atoms with E-state index >= 15 is 4.39 Å². The molecule has 1 N–H and O–H groups in total. The van der Waals surface area contributed by atoms with Gasteiger partial charge in [0.05, 0.1) is 37.3 Å². The van der Waals surface area contributed by atoms with Crippen LogP contribution in [0.5, 0.6) is 5.75 Å². The minimum atomic E-state index is -1.24. The van der Waals surface area contributed by atoms with Gasteiger partial charge < -0.3 is 19.5 Å². The minimum Gasteiger partial charge on any atom is -0.497 e. The number of likely N-dealkylation sites (tertiary alicyclic amines) is 1. The van der Waals surface area contributed by atoms with Gasteiger partial charge in [0.15, 0.2) is 0 Å². The summed E-state index contributed by atoms with van der Waals surface area (Å²) in [6.45, 7) is 6.10. The molecule has 42 heavy (non-hydrogen) atoms. The second kappa shape index (κ2) is 14.6. The molecule has 0 amide bonds. The van der Waals surface area contributed by atoms with Crippen molar-refractivity contribution in [1.82, 2.24) is 19.8 Å². The van der Waals surface area contributed by atoms with Gasteiger partial charge in [0.2, 0.25) is 0 Å². The Morgan fingerprint density at radius 2 is 1.95 bits per heavy atom. The van der Waals surface area contributed by atoms with Crippen molar-refractivity contribution in [3.63, 3.8) is 0 Å². The maximum atomic E-state index is 16.5. The number of hydrogen-bond donors (Lipinski definition) is 1. The second-order valence-corrected chi connectivity index (χ2v) is 12.5. The summed E-state index contributed by atoms with van der Waals surface area (Å²) in [6.07, 6.45) is 4.76. The molecule has 2 aliphatic rings. The van der Waals surface area contributed by atoms with E-state index in [9.17, 15) is 9.90 Å². The first-order valence-corrected chi connectivity index (χ1v) is 15.8. The number of pyridine rings is 2. The highest BCUT2D eigenvalue weighted by Crippen LogP contribution is 2.43. The van der Waals surface area contributed by atoms with Gasteiger partial charge in [0.1, 0.15) is 11.9 Å². The largest absolute Gasteiger partial charge is 0.497 e. The molecule has 3 aromatic rings. The number of hydrogen-bond acceptors (Lipinski definition) is 8. The van der Waals surface area contributed by atoms with Gasteiger partial charge >= 0.3 is 5.97 Å². The number of aliphatic carboxylic acids is 1. The van der Waals surface area contributed by atoms with E-state index in [2.05, 4.69) is 19.8 Å². The summed E-state index contributed by atoms with van der Waals surface area (Å²) >= 11 is 1.73. The standard InChI is InChI=1S/C32H41FN4O4S/c1-40-25-5-6-28-26(20-25)31(24(22-35-28)23-37-14-17-41-18-15-37)27(33)7-8-32(21-30(38)39)9-12-36(13-10-32)16-19-42-29-4-2-3-11-34-29/h2-6,11,20,22,27H,7-10,12-19,21,23H2,1H3,(H,38,39)/t27-/m0/s1. The number of nitrogens with zero attached hydrogens (tertiary/aromatic N) is 4. The Morgan fingerprint density at radius 1 is 1.14 bits per heavy atom. The molecule has 5 rings (SSSR count). The maximum absolute atomic E-state index is 16.5. The van der Waals surface area contributed by atoms with Gasteiger partial charge in [-0.3, -0.25) is 14.7 Å². The summed E-state index contributed by atoms with van der Waals surface area (Å²) in [5.41, 5.74) is 1.85. The smallest absolute Gasteiger partial charge is 0.303 e. The quantitative estimate of drug-likeness (QED) is 0.253. The van der Waals surface area contributed by atoms with Crippen LogP contribution in [0.25, 0.3) is 10.9 Å². The zero-order chi connectivity index (χ0) is 29.4. The van der Waals surface area contributed by atoms with Crippen LogP contribution in [0, 0.1) is 5.41 Å². The zero-order valence-electron chi connectivity index (χ0n) is 24.3. The Balaban J connectivity index is 1.28. The molecule has 8 nitrogen and oxygen atoms in total. The van der Waals surface area contributed by atoms with E-state index in [1.54, 1.807) is 31.3 Å². The lowest BCUT2D eigenvalue weighted by molar-refractivity contribution is -0.141. The van der Waals surface area contributed by atoms with Gasteiger partial charge in [-0.15, -0.1) is 11.8 Å². The molecule has 4 heterocycles. The predicted octanol–water partition coefficient (Wildman–Crippen LogP) is 5.61. The van der Waals surface area contributed by atoms with Crippen molar-refractivity contribution in [3.8, 4) is 5.75 Å². The Morgan fingerprint density at radius 3 is 2.67 bits per heavy atom. The summed E-state index contributed by atoms with van der Waals surface area (Å²) in [4.78, 5) is 25.7. The number of aromatic nitrogens is 2. The number of methoxy groups -OCH3 is 1. The Kier molecular flexibility index (Phi) is 10.7. The predicted molar refractivity (Wildman–Crippen MR) is 163 cm³/mol. The van der Waals surface area contributed by atoms with Crippen molar-refractivity contribution in [3.05, 3.63) is 59.9 Å². The first-order valence-electron chi connectivity index (χ1n) is 14.8. The fourth-order valence-corrected chi connectivity index (χ4v) is 7.10. The summed E-state index contributed by atoms with van der Waals surface area (Å²) in [5.74, 6) is 0.786. The normalized spacial score (nSPS) is 18.6. The van der Waals surface area contributed by atoms with Crippen molar-refractivity contribution in [2.45, 2.75) is 49.8 Å². The first kappa shape index (κ1) is 30.7. The monoisotopic (exact) mass is 596 g/mol. The van der Waals surface area contributed by atoms with Gasteiger partial charge in [-0.1, -0.05) is 6.07 Å². The molecule has 2 aromatic heterocycles. The van der Waals surface area contributed by atoms with E-state index in [4.69, 9.17) is 9.47 Å². The number of thioether (sulfide) groups is 1. The van der Waals surface area contributed by atoms with Crippen LogP contribution in [0.15, 0.2) is 53.8 Å². The highest BCUT2D eigenvalue weighted by atomic mass is 32.2. The van der Waals surface area contributed by atoms with Crippen molar-refractivity contribution >= 4 is 28.6 Å². The number of morpholine rings is 1. The fraction of sp³-hybridized carbons (Fsp3) is 0.531. The Hall–Kier alpha value is -2.79. The van der Waals surface area contributed by atoms with Crippen molar-refractivity contribution in [2.75, 3.05) is 58.8 Å². The van der Waals surface area contributed by atoms with E-state index in [0.717, 1.165) is 72.8 Å². The third-order valence-corrected chi connectivity index (χ3v) is 9.60. The van der Waals surface area contributed by atoms with Crippen LogP contribution in [-0.4, -0.2) is 89.6 Å². The molecule has 0 unspecified atom stereocenters. The van der Waals surface area contributed by atoms with Gasteiger partial charge in [-0.05, 0) is 80.1 Å². The van der Waals surface area contributed by atoms with Crippen LogP contribution in [0.1, 0.15) is 49.4 Å². The van der Waals surface area contributed by atoms with Gasteiger partial charge in [-0.2, -0.15) is 0 Å². The van der Waals surface area contributed by atoms with Crippen LogP contribution in [0.2, 0.25) is 0 Å². The number of halogens is 1. The fourth-order valence-electron chi connectivity index (χ4n) is 6.23. The molecule has 2 saturated heterocycles. The molecule has 0 spiro atoms. The van der Waals surface area contributed by atoms with Crippen LogP contribution in [-0.2, 0) is 16.1 Å². The van der Waals surface area contributed by atoms with Gasteiger partial charge in [0, 0.05) is 55.3 Å². The highest BCUT2D eigenvalue weighted by molar-refractivity contribution is 7.99. The Bertz CT molecular complexity index is 1320. The number of fused-ring (bicyclic) bond motifs is 1. The van der Waals surface area contributed by atoms with Crippen molar-refractivity contribution in [2.24, 2.45) is 5.41 Å². The molecule has 226 valence electrons. The van der Waals surface area contributed by atoms with E-state index in [1.165, 1.54) is 0 Å². The third-order valence-electron chi connectivity index (χ3n) is 8.68. The van der Waals surface area contributed by atoms with Gasteiger partial charge in [0.25, 0.3) is 0 Å². The molecule has 0 radical (unpaired) electrons. The molecule has 0 bridgehead atoms. The van der Waals surface area contributed by atoms with E-state index < -0.39 is 17.6 Å². The lowest BCUT2D eigenvalue weighted by Crippen LogP contribution is -2.42. The second-order valence-electron chi connectivity index (χ2n) is 11.4. The number of alkyl halides is 1. The average molecular weight is 597 g/mol. The topological polar surface area (TPSA) is 88.0 Å². The molecule has 2 aliphatic heterocycles. The molecule has 0 aliphatic carbocycles. The summed E-state index contributed by atoms with van der Waals surface area (Å²) < 4.78 is 27.5. The summed E-state index contributed by atoms with van der Waals surface area (Å²) in [7, 11) is 1.61. The molecule has 1 atom stereocenters. The number of benzene rings is 1. The zero-order valence-corrected chi connectivity index (χ0v) is 25.2. The average Bonchev–Trinajstić information content (AvgIpc) is 3.01. The third kappa shape index (κ3) is 7.98. The molecular weight excluding hydrogens is 555 g/mol. The van der Waals surface area contributed by atoms with Crippen LogP contribution in [0.3, 0.4) is 0 Å². The van der Waals surface area contributed by atoms with Crippen LogP contribution < -0.4 is 4.74 Å². The number of carbonyl (C=O) groups is 1. The lowest BCUT2D eigenvalue weighted by atomic mass is 9.71. The molecule has 2 fully saturated rings. The number of carboxylic acids is 1. The number of piperidine rings is 1. The molecular formula is C32H41FN4O4S. The van der Waals surface area contributed by atoms with E-state index in [0.29, 0.717) is 37.5 Å². The van der Waals surface area contributed by atoms with Gasteiger partial charge in [-0.25, -0.2) is 9.37 Å². The molecule has 10 heteroatoms. The summed E-state index contributed by atoms with van der Waals surface area (Å²) in [5, 5.41) is 11.6. The first-order chi connectivity index (χ1) is 20.4. The van der Waals surface area contributed by atoms with Crippen LogP contribution >= 0.6 is 11.8 Å². The maximum Gasteiger partial charge on any atom is 0.303 e. The number of carboxylic acid groups (broad SMARTS) is 1.